The highest BCUT2D eigenvalue weighted by molar-refractivity contribution is 8.04. The molecule has 7 heteroatoms. The Labute approximate surface area is 92.4 Å². The first-order valence-corrected chi connectivity index (χ1v) is 8.37. The first-order chi connectivity index (χ1) is 6.83. The maximum absolute atomic E-state index is 11.3. The zero-order valence-corrected chi connectivity index (χ0v) is 10.8. The number of unbranched alkanes of at least 4 members (excludes halogenated alkanes) is 2. The fourth-order valence-corrected chi connectivity index (χ4v) is 4.50. The maximum Gasteiger partial charge on any atom is 0.224 e. The Morgan fingerprint density at radius 3 is 1.40 bits per heavy atom. The van der Waals surface area contributed by atoms with Gasteiger partial charge in [0.05, 0.1) is 11.5 Å². The molecule has 0 rings (SSSR count). The molecular formula is C8H19NO4S2. The Kier molecular flexibility index (Phi) is 6.38. The minimum atomic E-state index is -3.67. The number of sulfonamides is 2. The number of rotatable bonds is 8. The summed E-state index contributed by atoms with van der Waals surface area (Å²) in [6.45, 7) is 3.70. The second-order valence-electron chi connectivity index (χ2n) is 3.43. The molecule has 0 amide bonds. The van der Waals surface area contributed by atoms with Gasteiger partial charge in [0.2, 0.25) is 20.0 Å². The first kappa shape index (κ1) is 14.9. The van der Waals surface area contributed by atoms with Crippen LogP contribution in [0.4, 0.5) is 0 Å². The van der Waals surface area contributed by atoms with Crippen molar-refractivity contribution in [2.45, 2.75) is 39.5 Å². The Hall–Kier alpha value is -0.140. The minimum Gasteiger partial charge on any atom is -0.211 e. The van der Waals surface area contributed by atoms with Crippen LogP contribution in [0.3, 0.4) is 0 Å². The standard InChI is InChI=1S/C8H19NO4S2/c1-3-5-7-14(10,11)9-15(12,13)8-6-4-2/h9H,3-8H2,1-2H3. The van der Waals surface area contributed by atoms with Gasteiger partial charge in [-0.15, -0.1) is 4.13 Å². The van der Waals surface area contributed by atoms with Crippen LogP contribution in [0.1, 0.15) is 39.5 Å². The van der Waals surface area contributed by atoms with E-state index in [1.807, 2.05) is 13.8 Å². The monoisotopic (exact) mass is 257 g/mol. The van der Waals surface area contributed by atoms with Crippen molar-refractivity contribution in [3.8, 4) is 0 Å². The molecule has 0 atom stereocenters. The number of hydrogen-bond acceptors (Lipinski definition) is 4. The molecule has 0 bridgehead atoms. The topological polar surface area (TPSA) is 80.3 Å². The first-order valence-electron chi connectivity index (χ1n) is 5.07. The van der Waals surface area contributed by atoms with Crippen molar-refractivity contribution in [3.05, 3.63) is 0 Å². The van der Waals surface area contributed by atoms with Crippen LogP contribution in [-0.2, 0) is 20.0 Å². The van der Waals surface area contributed by atoms with Crippen molar-refractivity contribution >= 4 is 20.0 Å². The van der Waals surface area contributed by atoms with E-state index >= 15 is 0 Å². The molecule has 0 aromatic carbocycles. The van der Waals surface area contributed by atoms with Crippen LogP contribution >= 0.6 is 0 Å². The van der Waals surface area contributed by atoms with Gasteiger partial charge >= 0.3 is 0 Å². The molecule has 0 fully saturated rings. The summed E-state index contributed by atoms with van der Waals surface area (Å²) in [5.41, 5.74) is 0. The summed E-state index contributed by atoms with van der Waals surface area (Å²) in [6, 6.07) is 0. The molecule has 0 radical (unpaired) electrons. The maximum atomic E-state index is 11.3. The van der Waals surface area contributed by atoms with E-state index in [0.717, 1.165) is 12.8 Å². The predicted octanol–water partition coefficient (Wildman–Crippen LogP) is 0.836. The molecule has 0 aliphatic carbocycles. The van der Waals surface area contributed by atoms with E-state index in [-0.39, 0.29) is 11.5 Å². The normalized spacial score (nSPS) is 12.9. The van der Waals surface area contributed by atoms with Crippen LogP contribution in [0.25, 0.3) is 0 Å². The highest BCUT2D eigenvalue weighted by Gasteiger charge is 2.19. The lowest BCUT2D eigenvalue weighted by Gasteiger charge is -2.06. The molecule has 0 unspecified atom stereocenters. The Bertz CT molecular complexity index is 322. The quantitative estimate of drug-likeness (QED) is 0.698. The number of nitrogens with one attached hydrogen (secondary N) is 1. The Balaban J connectivity index is 4.32. The Morgan fingerprint density at radius 2 is 1.13 bits per heavy atom. The van der Waals surface area contributed by atoms with Crippen LogP contribution in [0.15, 0.2) is 0 Å². The second-order valence-corrected chi connectivity index (χ2v) is 7.37. The SMILES string of the molecule is CCCCS(=O)(=O)NS(=O)(=O)CCCC. The largest absolute Gasteiger partial charge is 0.224 e. The van der Waals surface area contributed by atoms with E-state index in [4.69, 9.17) is 0 Å². The molecule has 0 aromatic heterocycles. The molecular weight excluding hydrogens is 238 g/mol. The highest BCUT2D eigenvalue weighted by Crippen LogP contribution is 1.99. The van der Waals surface area contributed by atoms with E-state index in [9.17, 15) is 16.8 Å². The lowest BCUT2D eigenvalue weighted by atomic mass is 10.4. The third-order valence-corrected chi connectivity index (χ3v) is 5.47. The van der Waals surface area contributed by atoms with Gasteiger partial charge in [0, 0.05) is 0 Å². The second kappa shape index (κ2) is 6.44. The van der Waals surface area contributed by atoms with Gasteiger partial charge in [-0.2, -0.15) is 0 Å². The molecule has 0 saturated carbocycles. The van der Waals surface area contributed by atoms with E-state index in [2.05, 4.69) is 0 Å². The van der Waals surface area contributed by atoms with Crippen LogP contribution in [0, 0.1) is 0 Å². The molecule has 5 nitrogen and oxygen atoms in total. The molecule has 92 valence electrons. The molecule has 0 aliphatic rings. The highest BCUT2D eigenvalue weighted by atomic mass is 32.3. The fraction of sp³-hybridized carbons (Fsp3) is 1.00. The van der Waals surface area contributed by atoms with Gasteiger partial charge in [-0.25, -0.2) is 16.8 Å². The Morgan fingerprint density at radius 1 is 0.800 bits per heavy atom. The summed E-state index contributed by atoms with van der Waals surface area (Å²) in [5.74, 6) is -0.260. The van der Waals surface area contributed by atoms with Gasteiger partial charge in [-0.3, -0.25) is 0 Å². The smallest absolute Gasteiger partial charge is 0.211 e. The summed E-state index contributed by atoms with van der Waals surface area (Å²) >= 11 is 0. The van der Waals surface area contributed by atoms with Crippen molar-refractivity contribution < 1.29 is 16.8 Å². The molecule has 0 aliphatic heterocycles. The zero-order valence-electron chi connectivity index (χ0n) is 9.19. The lowest BCUT2D eigenvalue weighted by Crippen LogP contribution is -2.34. The van der Waals surface area contributed by atoms with Gasteiger partial charge in [-0.05, 0) is 12.8 Å². The van der Waals surface area contributed by atoms with Gasteiger partial charge in [-0.1, -0.05) is 26.7 Å². The van der Waals surface area contributed by atoms with E-state index in [0.29, 0.717) is 12.8 Å². The van der Waals surface area contributed by atoms with Crippen LogP contribution in [0.5, 0.6) is 0 Å². The van der Waals surface area contributed by atoms with Gasteiger partial charge in [0.25, 0.3) is 0 Å². The van der Waals surface area contributed by atoms with Gasteiger partial charge < -0.3 is 0 Å². The molecule has 0 aromatic rings. The van der Waals surface area contributed by atoms with E-state index in [1.54, 1.807) is 4.13 Å². The van der Waals surface area contributed by atoms with E-state index < -0.39 is 20.0 Å². The van der Waals surface area contributed by atoms with E-state index in [1.165, 1.54) is 0 Å². The van der Waals surface area contributed by atoms with Crippen molar-refractivity contribution in [2.75, 3.05) is 11.5 Å². The van der Waals surface area contributed by atoms with Crippen molar-refractivity contribution in [3.63, 3.8) is 0 Å². The van der Waals surface area contributed by atoms with Crippen LogP contribution in [0.2, 0.25) is 0 Å². The summed E-state index contributed by atoms with van der Waals surface area (Å²) in [7, 11) is -7.34. The van der Waals surface area contributed by atoms with Crippen molar-refractivity contribution in [1.82, 2.24) is 4.13 Å². The average Bonchev–Trinajstić information content (AvgIpc) is 2.10. The molecule has 0 spiro atoms. The number of hydrogen-bond donors (Lipinski definition) is 1. The molecule has 0 saturated heterocycles. The lowest BCUT2D eigenvalue weighted by molar-refractivity contribution is 0.573. The predicted molar refractivity (Wildman–Crippen MR) is 60.5 cm³/mol. The van der Waals surface area contributed by atoms with Crippen molar-refractivity contribution in [1.29, 1.82) is 0 Å². The average molecular weight is 257 g/mol. The zero-order chi connectivity index (χ0) is 11.9. The van der Waals surface area contributed by atoms with Crippen LogP contribution in [-0.4, -0.2) is 28.3 Å². The van der Waals surface area contributed by atoms with Crippen LogP contribution < -0.4 is 4.13 Å². The molecule has 15 heavy (non-hydrogen) atoms. The van der Waals surface area contributed by atoms with Gasteiger partial charge in [0.15, 0.2) is 0 Å². The summed E-state index contributed by atoms with van der Waals surface area (Å²) in [6.07, 6.45) is 2.38. The molecule has 0 heterocycles. The fourth-order valence-electron chi connectivity index (χ4n) is 0.945. The summed E-state index contributed by atoms with van der Waals surface area (Å²) in [4.78, 5) is 0. The summed E-state index contributed by atoms with van der Waals surface area (Å²) in [5, 5.41) is 0. The molecule has 1 N–H and O–H groups in total. The third-order valence-electron chi connectivity index (χ3n) is 1.79. The summed E-state index contributed by atoms with van der Waals surface area (Å²) < 4.78 is 46.9. The van der Waals surface area contributed by atoms with Gasteiger partial charge in [0.1, 0.15) is 0 Å². The van der Waals surface area contributed by atoms with Crippen molar-refractivity contribution in [2.24, 2.45) is 0 Å². The third kappa shape index (κ3) is 7.75. The minimum absolute atomic E-state index is 0.130.